The summed E-state index contributed by atoms with van der Waals surface area (Å²) in [6.45, 7) is 6.66. The van der Waals surface area contributed by atoms with Gasteiger partial charge < -0.3 is 4.74 Å². The van der Waals surface area contributed by atoms with Crippen LogP contribution < -0.4 is 4.74 Å². The number of benzene rings is 4. The van der Waals surface area contributed by atoms with Gasteiger partial charge in [0, 0.05) is 34.1 Å². The molecule has 0 radical (unpaired) electrons. The van der Waals surface area contributed by atoms with Gasteiger partial charge in [0.2, 0.25) is 0 Å². The molecule has 0 saturated heterocycles. The minimum atomic E-state index is -0.0671. The van der Waals surface area contributed by atoms with Crippen molar-refractivity contribution in [2.24, 2.45) is 0 Å². The van der Waals surface area contributed by atoms with Crippen molar-refractivity contribution < 1.29 is 4.74 Å². The van der Waals surface area contributed by atoms with Crippen LogP contribution in [0.1, 0.15) is 26.3 Å². The quantitative estimate of drug-likeness (QED) is 0.208. The van der Waals surface area contributed by atoms with Crippen LogP contribution in [0.25, 0.3) is 60.5 Å². The first-order valence-corrected chi connectivity index (χ1v) is 14.2. The zero-order valence-electron chi connectivity index (χ0n) is 23.7. The van der Waals surface area contributed by atoms with E-state index >= 15 is 0 Å². The van der Waals surface area contributed by atoms with Crippen molar-refractivity contribution in [1.82, 2.24) is 19.4 Å². The zero-order valence-corrected chi connectivity index (χ0v) is 23.7. The van der Waals surface area contributed by atoms with Gasteiger partial charge in [-0.25, -0.2) is 9.97 Å². The van der Waals surface area contributed by atoms with Crippen LogP contribution in [0.5, 0.6) is 11.5 Å². The second-order valence-corrected chi connectivity index (χ2v) is 11.9. The Morgan fingerprint density at radius 2 is 1.48 bits per heavy atom. The summed E-state index contributed by atoms with van der Waals surface area (Å²) in [4.78, 5) is 14.6. The number of hydrogen-bond donors (Lipinski definition) is 0. The Kier molecular flexibility index (Phi) is 5.32. The van der Waals surface area contributed by atoms with Crippen molar-refractivity contribution >= 4 is 49.3 Å². The van der Waals surface area contributed by atoms with Crippen molar-refractivity contribution in [1.29, 1.82) is 0 Å². The number of hydrogen-bond acceptors (Lipinski definition) is 4. The summed E-state index contributed by atoms with van der Waals surface area (Å²) in [6.07, 6.45) is 3.78. The number of aromatic nitrogens is 4. The van der Waals surface area contributed by atoms with Crippen LogP contribution >= 0.6 is 0 Å². The van der Waals surface area contributed by atoms with Crippen LogP contribution in [0.2, 0.25) is 0 Å². The van der Waals surface area contributed by atoms with E-state index in [1.165, 1.54) is 10.9 Å². The first kappa shape index (κ1) is 24.5. The Morgan fingerprint density at radius 1 is 0.643 bits per heavy atom. The number of rotatable bonds is 3. The molecule has 0 unspecified atom stereocenters. The summed E-state index contributed by atoms with van der Waals surface area (Å²) in [5.74, 6) is 1.53. The van der Waals surface area contributed by atoms with Gasteiger partial charge in [0.15, 0.2) is 0 Å². The summed E-state index contributed by atoms with van der Waals surface area (Å²) in [6, 6.07) is 35.5. The molecule has 4 aromatic heterocycles. The molecule has 42 heavy (non-hydrogen) atoms. The third-order valence-electron chi connectivity index (χ3n) is 8.02. The summed E-state index contributed by atoms with van der Waals surface area (Å²) in [7, 11) is 0. The highest BCUT2D eigenvalue weighted by atomic mass is 16.5. The molecule has 8 rings (SSSR count). The van der Waals surface area contributed by atoms with Gasteiger partial charge in [-0.15, -0.1) is 0 Å². The Labute approximate surface area is 243 Å². The van der Waals surface area contributed by atoms with Crippen LogP contribution in [-0.4, -0.2) is 19.4 Å². The van der Waals surface area contributed by atoms with E-state index in [2.05, 4.69) is 91.9 Å². The minimum Gasteiger partial charge on any atom is -0.457 e. The number of fused-ring (bicyclic) bond motifs is 9. The third-order valence-corrected chi connectivity index (χ3v) is 8.02. The molecule has 0 saturated carbocycles. The fourth-order valence-corrected chi connectivity index (χ4v) is 5.83. The molecule has 202 valence electrons. The second kappa shape index (κ2) is 9.11. The number of ether oxygens (including phenoxy) is 1. The fraction of sp³-hybridized carbons (Fsp3) is 0.108. The van der Waals surface area contributed by atoms with Crippen LogP contribution in [0.3, 0.4) is 0 Å². The summed E-state index contributed by atoms with van der Waals surface area (Å²) in [5, 5.41) is 5.49. The molecule has 0 aliphatic rings. The Morgan fingerprint density at radius 3 is 2.36 bits per heavy atom. The van der Waals surface area contributed by atoms with Crippen molar-refractivity contribution in [2.45, 2.75) is 26.2 Å². The fourth-order valence-electron chi connectivity index (χ4n) is 5.83. The molecule has 4 aromatic carbocycles. The average Bonchev–Trinajstić information content (AvgIpc) is 3.41. The SMILES string of the molecule is CC(C)(C)c1cc(Oc2ccc3c4cccnc4n4c5ccccc5nc4c3c2)cc(-c2cc3ccccc3cn2)c1. The Bertz CT molecular complexity index is 2330. The van der Waals surface area contributed by atoms with Gasteiger partial charge in [-0.2, -0.15) is 0 Å². The Hall–Kier alpha value is -5.29. The molecule has 4 heterocycles. The topological polar surface area (TPSA) is 52.3 Å². The third kappa shape index (κ3) is 3.97. The van der Waals surface area contributed by atoms with Crippen molar-refractivity contribution in [2.75, 3.05) is 0 Å². The molecule has 5 heteroatoms. The summed E-state index contributed by atoms with van der Waals surface area (Å²) in [5.41, 5.74) is 6.81. The van der Waals surface area contributed by atoms with E-state index in [0.29, 0.717) is 0 Å². The molecule has 8 aromatic rings. The van der Waals surface area contributed by atoms with E-state index in [1.54, 1.807) is 0 Å². The van der Waals surface area contributed by atoms with Gasteiger partial charge in [-0.3, -0.25) is 9.38 Å². The molecule has 0 amide bonds. The van der Waals surface area contributed by atoms with Gasteiger partial charge in [-0.05, 0) is 88.5 Å². The Balaban J connectivity index is 1.30. The second-order valence-electron chi connectivity index (χ2n) is 11.9. The maximum Gasteiger partial charge on any atom is 0.147 e. The van der Waals surface area contributed by atoms with E-state index in [0.717, 1.165) is 66.6 Å². The molecule has 5 nitrogen and oxygen atoms in total. The first-order chi connectivity index (χ1) is 20.4. The van der Waals surface area contributed by atoms with Crippen LogP contribution in [0.4, 0.5) is 0 Å². The molecule has 0 bridgehead atoms. The smallest absolute Gasteiger partial charge is 0.147 e. The van der Waals surface area contributed by atoms with Crippen LogP contribution in [0.15, 0.2) is 116 Å². The van der Waals surface area contributed by atoms with Crippen molar-refractivity contribution in [3.8, 4) is 22.8 Å². The number of pyridine rings is 3. The first-order valence-electron chi connectivity index (χ1n) is 14.2. The summed E-state index contributed by atoms with van der Waals surface area (Å²) < 4.78 is 8.78. The molecule has 0 N–H and O–H groups in total. The summed E-state index contributed by atoms with van der Waals surface area (Å²) >= 11 is 0. The molecule has 0 aliphatic heterocycles. The molecule has 0 aliphatic carbocycles. The largest absolute Gasteiger partial charge is 0.457 e. The maximum atomic E-state index is 6.63. The number of imidazole rings is 1. The van der Waals surface area contributed by atoms with Crippen molar-refractivity contribution in [3.05, 3.63) is 121 Å². The highest BCUT2D eigenvalue weighted by Crippen LogP contribution is 2.37. The zero-order chi connectivity index (χ0) is 28.4. The van der Waals surface area contributed by atoms with Gasteiger partial charge in [-0.1, -0.05) is 57.2 Å². The van der Waals surface area contributed by atoms with E-state index < -0.39 is 0 Å². The normalized spacial score (nSPS) is 12.2. The number of nitrogens with zero attached hydrogens (tertiary/aromatic N) is 4. The standard InChI is InChI=1S/C37H28N4O/c1-37(2,3)26-17-25(33-19-23-9-4-5-10-24(23)22-39-33)18-28(20-26)42-27-14-15-29-30-11-8-16-38-35(30)41-34-13-7-6-12-32(34)40-36(41)31(29)21-27/h4-22H,1-3H3. The molecule has 0 atom stereocenters. The predicted molar refractivity (Wildman–Crippen MR) is 171 cm³/mol. The van der Waals surface area contributed by atoms with Gasteiger partial charge in [0.05, 0.1) is 16.7 Å². The van der Waals surface area contributed by atoms with E-state index in [1.807, 2.05) is 48.8 Å². The molecular formula is C37H28N4O. The van der Waals surface area contributed by atoms with E-state index in [4.69, 9.17) is 19.7 Å². The maximum absolute atomic E-state index is 6.63. The van der Waals surface area contributed by atoms with Crippen LogP contribution in [-0.2, 0) is 5.41 Å². The van der Waals surface area contributed by atoms with Crippen LogP contribution in [0, 0.1) is 0 Å². The van der Waals surface area contributed by atoms with Gasteiger partial charge in [0.25, 0.3) is 0 Å². The highest BCUT2D eigenvalue weighted by molar-refractivity contribution is 6.13. The van der Waals surface area contributed by atoms with E-state index in [9.17, 15) is 0 Å². The lowest BCUT2D eigenvalue weighted by Crippen LogP contribution is -2.11. The minimum absolute atomic E-state index is 0.0671. The molecule has 0 spiro atoms. The van der Waals surface area contributed by atoms with Gasteiger partial charge in [0.1, 0.15) is 22.8 Å². The average molecular weight is 545 g/mol. The lowest BCUT2D eigenvalue weighted by Gasteiger charge is -2.21. The lowest BCUT2D eigenvalue weighted by molar-refractivity contribution is 0.479. The molecular weight excluding hydrogens is 516 g/mol. The highest BCUT2D eigenvalue weighted by Gasteiger charge is 2.19. The van der Waals surface area contributed by atoms with Crippen molar-refractivity contribution in [3.63, 3.8) is 0 Å². The molecule has 0 fully saturated rings. The van der Waals surface area contributed by atoms with Gasteiger partial charge >= 0.3 is 0 Å². The van der Waals surface area contributed by atoms with E-state index in [-0.39, 0.29) is 5.41 Å². The monoisotopic (exact) mass is 544 g/mol. The number of para-hydroxylation sites is 2. The lowest BCUT2D eigenvalue weighted by atomic mass is 9.85. The predicted octanol–water partition coefficient (Wildman–Crippen LogP) is 9.49.